The van der Waals surface area contributed by atoms with Crippen molar-refractivity contribution in [1.29, 1.82) is 0 Å². The summed E-state index contributed by atoms with van der Waals surface area (Å²) >= 11 is 0. The number of anilines is 1. The van der Waals surface area contributed by atoms with E-state index in [0.717, 1.165) is 31.6 Å². The predicted octanol–water partition coefficient (Wildman–Crippen LogP) is 1.21. The number of benzene rings is 1. The minimum absolute atomic E-state index is 0.121. The Morgan fingerprint density at radius 3 is 2.67 bits per heavy atom. The molecule has 2 rings (SSSR count). The van der Waals surface area contributed by atoms with Crippen LogP contribution in [0.1, 0.15) is 35.7 Å². The number of nitrogens with two attached hydrogens (primary N) is 1. The maximum Gasteiger partial charge on any atom is 0.339 e. The van der Waals surface area contributed by atoms with Gasteiger partial charge in [-0.25, -0.2) is 4.79 Å². The number of nitrogens with one attached hydrogen (secondary N) is 1. The number of methoxy groups -OCH3 is 1. The monoisotopic (exact) mass is 329 g/mol. The molecule has 0 unspecified atom stereocenters. The predicted molar refractivity (Wildman–Crippen MR) is 92.6 cm³/mol. The average Bonchev–Trinajstić information content (AvgIpc) is 2.60. The van der Waals surface area contributed by atoms with Crippen molar-refractivity contribution in [3.05, 3.63) is 29.3 Å². The normalized spacial score (nSPS) is 14.5. The van der Waals surface area contributed by atoms with Gasteiger partial charge in [-0.05, 0) is 31.0 Å². The van der Waals surface area contributed by atoms with Gasteiger partial charge in [0.15, 0.2) is 0 Å². The largest absolute Gasteiger partial charge is 0.465 e. The van der Waals surface area contributed by atoms with Crippen LogP contribution in [0.15, 0.2) is 18.2 Å². The molecule has 1 aromatic rings. The fourth-order valence-electron chi connectivity index (χ4n) is 2.75. The molecule has 0 radical (unpaired) electrons. The lowest BCUT2D eigenvalue weighted by molar-refractivity contribution is -0.129. The molecular weight excluding hydrogens is 306 g/mol. The first kappa shape index (κ1) is 17.8. The highest BCUT2D eigenvalue weighted by Gasteiger charge is 2.21. The Kier molecular flexibility index (Phi) is 6.21. The van der Waals surface area contributed by atoms with Crippen molar-refractivity contribution in [2.45, 2.75) is 25.8 Å². The Bertz CT molecular complexity index is 668. The number of carbonyl (C=O) groups is 2. The Morgan fingerprint density at radius 1 is 1.38 bits per heavy atom. The van der Waals surface area contributed by atoms with E-state index >= 15 is 0 Å². The molecule has 3 N–H and O–H groups in total. The molecule has 0 spiro atoms. The van der Waals surface area contributed by atoms with Crippen LogP contribution in [-0.2, 0) is 9.53 Å². The average molecular weight is 329 g/mol. The molecule has 6 heteroatoms. The summed E-state index contributed by atoms with van der Waals surface area (Å²) in [5, 5.41) is 3.45. The minimum atomic E-state index is -0.419. The summed E-state index contributed by atoms with van der Waals surface area (Å²) in [6.45, 7) is 3.34. The number of likely N-dealkylation sites (tertiary alicyclic amines) is 1. The Morgan fingerprint density at radius 2 is 2.08 bits per heavy atom. The van der Waals surface area contributed by atoms with Gasteiger partial charge >= 0.3 is 5.97 Å². The van der Waals surface area contributed by atoms with Gasteiger partial charge in [0, 0.05) is 37.3 Å². The van der Waals surface area contributed by atoms with Gasteiger partial charge < -0.3 is 20.7 Å². The van der Waals surface area contributed by atoms with Gasteiger partial charge in [0.1, 0.15) is 0 Å². The van der Waals surface area contributed by atoms with Crippen LogP contribution >= 0.6 is 0 Å². The number of rotatable bonds is 3. The van der Waals surface area contributed by atoms with E-state index in [9.17, 15) is 9.59 Å². The van der Waals surface area contributed by atoms with Gasteiger partial charge in [-0.15, -0.1) is 0 Å². The molecule has 0 aromatic heterocycles. The lowest BCUT2D eigenvalue weighted by Crippen LogP contribution is -2.41. The zero-order chi connectivity index (χ0) is 17.5. The van der Waals surface area contributed by atoms with E-state index in [4.69, 9.17) is 10.5 Å². The lowest BCUT2D eigenvalue weighted by atomic mass is 10.0. The standard InChI is InChI=1S/C18H23N3O3/c1-13(22)21-10-7-15(8-11-21)20-16-5-6-17(18(23)24-2)14(12-16)4-3-9-19/h5-6,12,15,20H,7-11,19H2,1-2H3. The van der Waals surface area contributed by atoms with Crippen LogP contribution in [-0.4, -0.2) is 49.6 Å². The molecule has 1 aliphatic heterocycles. The topological polar surface area (TPSA) is 84.7 Å². The van der Waals surface area contributed by atoms with E-state index in [0.29, 0.717) is 17.2 Å². The first-order valence-corrected chi connectivity index (χ1v) is 7.98. The first-order valence-electron chi connectivity index (χ1n) is 7.98. The van der Waals surface area contributed by atoms with Gasteiger partial charge in [0.25, 0.3) is 0 Å². The molecular formula is C18H23N3O3. The number of nitrogens with zero attached hydrogens (tertiary/aromatic N) is 1. The molecule has 1 aliphatic rings. The number of esters is 1. The van der Waals surface area contributed by atoms with E-state index in [1.54, 1.807) is 13.0 Å². The summed E-state index contributed by atoms with van der Waals surface area (Å²) in [5.74, 6) is 5.39. The number of amides is 1. The second kappa shape index (κ2) is 8.37. The highest BCUT2D eigenvalue weighted by molar-refractivity contribution is 5.93. The molecule has 1 heterocycles. The van der Waals surface area contributed by atoms with Gasteiger partial charge in [-0.3, -0.25) is 4.79 Å². The molecule has 1 aromatic carbocycles. The third-order valence-electron chi connectivity index (χ3n) is 4.06. The van der Waals surface area contributed by atoms with E-state index in [1.165, 1.54) is 7.11 Å². The first-order chi connectivity index (χ1) is 11.5. The third-order valence-corrected chi connectivity index (χ3v) is 4.06. The minimum Gasteiger partial charge on any atom is -0.465 e. The molecule has 1 fully saturated rings. The number of hydrogen-bond donors (Lipinski definition) is 2. The summed E-state index contributed by atoms with van der Waals surface area (Å²) in [5.41, 5.74) is 7.34. The quantitative estimate of drug-likeness (QED) is 0.643. The Balaban J connectivity index is 2.11. The highest BCUT2D eigenvalue weighted by atomic mass is 16.5. The van der Waals surface area contributed by atoms with E-state index < -0.39 is 5.97 Å². The summed E-state index contributed by atoms with van der Waals surface area (Å²) in [4.78, 5) is 25.1. The zero-order valence-corrected chi connectivity index (χ0v) is 14.1. The number of carbonyl (C=O) groups excluding carboxylic acids is 2. The Labute approximate surface area is 142 Å². The lowest BCUT2D eigenvalue weighted by Gasteiger charge is -2.32. The van der Waals surface area contributed by atoms with E-state index in [1.807, 2.05) is 17.0 Å². The summed E-state index contributed by atoms with van der Waals surface area (Å²) in [6.07, 6.45) is 1.78. The molecule has 0 aliphatic carbocycles. The van der Waals surface area contributed by atoms with Crippen molar-refractivity contribution in [2.24, 2.45) is 5.73 Å². The Hall–Kier alpha value is -2.52. The van der Waals surface area contributed by atoms with Crippen LogP contribution in [0.2, 0.25) is 0 Å². The van der Waals surface area contributed by atoms with Crippen LogP contribution in [0.3, 0.4) is 0 Å². The fourth-order valence-corrected chi connectivity index (χ4v) is 2.75. The van der Waals surface area contributed by atoms with Crippen molar-refractivity contribution in [3.63, 3.8) is 0 Å². The fraction of sp³-hybridized carbons (Fsp3) is 0.444. The van der Waals surface area contributed by atoms with Crippen LogP contribution in [0.5, 0.6) is 0 Å². The van der Waals surface area contributed by atoms with Crippen LogP contribution in [0.25, 0.3) is 0 Å². The maximum absolute atomic E-state index is 11.8. The smallest absolute Gasteiger partial charge is 0.339 e. The number of hydrogen-bond acceptors (Lipinski definition) is 5. The molecule has 1 amide bonds. The molecule has 128 valence electrons. The van der Waals surface area contributed by atoms with Gasteiger partial charge in [-0.1, -0.05) is 11.8 Å². The van der Waals surface area contributed by atoms with E-state index in [2.05, 4.69) is 17.2 Å². The molecule has 0 atom stereocenters. The van der Waals surface area contributed by atoms with Crippen molar-refractivity contribution in [1.82, 2.24) is 4.90 Å². The van der Waals surface area contributed by atoms with E-state index in [-0.39, 0.29) is 12.5 Å². The second-order valence-electron chi connectivity index (χ2n) is 5.68. The molecule has 6 nitrogen and oxygen atoms in total. The van der Waals surface area contributed by atoms with Crippen LogP contribution < -0.4 is 11.1 Å². The van der Waals surface area contributed by atoms with Crippen molar-refractivity contribution in [2.75, 3.05) is 32.1 Å². The van der Waals surface area contributed by atoms with Crippen LogP contribution in [0, 0.1) is 11.8 Å². The van der Waals surface area contributed by atoms with Gasteiger partial charge in [0.05, 0.1) is 19.2 Å². The van der Waals surface area contributed by atoms with Crippen molar-refractivity contribution in [3.8, 4) is 11.8 Å². The van der Waals surface area contributed by atoms with Gasteiger partial charge in [0.2, 0.25) is 5.91 Å². The summed E-state index contributed by atoms with van der Waals surface area (Å²) < 4.78 is 4.79. The summed E-state index contributed by atoms with van der Waals surface area (Å²) in [7, 11) is 1.34. The second-order valence-corrected chi connectivity index (χ2v) is 5.68. The molecule has 1 saturated heterocycles. The van der Waals surface area contributed by atoms with Crippen LogP contribution in [0.4, 0.5) is 5.69 Å². The molecule has 24 heavy (non-hydrogen) atoms. The SMILES string of the molecule is COC(=O)c1ccc(NC2CCN(C(C)=O)CC2)cc1C#CCN. The zero-order valence-electron chi connectivity index (χ0n) is 14.1. The highest BCUT2D eigenvalue weighted by Crippen LogP contribution is 2.20. The maximum atomic E-state index is 11.8. The molecule has 0 bridgehead atoms. The number of ether oxygens (including phenoxy) is 1. The number of piperidine rings is 1. The van der Waals surface area contributed by atoms with Gasteiger partial charge in [-0.2, -0.15) is 0 Å². The molecule has 0 saturated carbocycles. The summed E-state index contributed by atoms with van der Waals surface area (Å²) in [6, 6.07) is 5.68. The van der Waals surface area contributed by atoms with Crippen molar-refractivity contribution < 1.29 is 14.3 Å². The third kappa shape index (κ3) is 4.49. The van der Waals surface area contributed by atoms with Crippen molar-refractivity contribution >= 4 is 17.6 Å².